The average Bonchev–Trinajstić information content (AvgIpc) is 2.68. The molecule has 0 aliphatic rings. The van der Waals surface area contributed by atoms with Gasteiger partial charge in [-0.25, -0.2) is 5.43 Å². The first-order valence-corrected chi connectivity index (χ1v) is 8.06. The zero-order chi connectivity index (χ0) is 17.6. The van der Waals surface area contributed by atoms with E-state index in [1.807, 2.05) is 37.3 Å². The number of methoxy groups -OCH3 is 1. The van der Waals surface area contributed by atoms with Crippen molar-refractivity contribution in [1.82, 2.24) is 10.4 Å². The Morgan fingerprint density at radius 3 is 2.48 bits per heavy atom. The quantitative estimate of drug-likeness (QED) is 0.571. The fraction of sp³-hybridized carbons (Fsp3) is 0.150. The molecule has 0 aliphatic carbocycles. The third kappa shape index (κ3) is 3.83. The van der Waals surface area contributed by atoms with E-state index in [0.29, 0.717) is 12.0 Å². The Labute approximate surface area is 146 Å². The zero-order valence-electron chi connectivity index (χ0n) is 14.2. The molecule has 3 aromatic rings. The molecule has 0 saturated heterocycles. The van der Waals surface area contributed by atoms with E-state index >= 15 is 0 Å². The highest BCUT2D eigenvalue weighted by Gasteiger charge is 2.07. The van der Waals surface area contributed by atoms with E-state index in [4.69, 9.17) is 4.74 Å². The molecule has 5 nitrogen and oxygen atoms in total. The summed E-state index contributed by atoms with van der Waals surface area (Å²) in [4.78, 5) is 16.0. The SMILES string of the molecule is CC/C(=N\NC(=O)c1ccncc1)c1ccc2cc(OC)ccc2c1. The standard InChI is InChI=1S/C20H19N3O2/c1-3-19(22-23-20(24)14-8-10-21-11-9-14)17-5-4-16-13-18(25-2)7-6-15(16)12-17/h4-13H,3H2,1-2H3,(H,23,24)/b22-19+. The summed E-state index contributed by atoms with van der Waals surface area (Å²) in [7, 11) is 1.66. The van der Waals surface area contributed by atoms with E-state index in [-0.39, 0.29) is 5.91 Å². The van der Waals surface area contributed by atoms with Gasteiger partial charge in [-0.05, 0) is 53.1 Å². The Balaban J connectivity index is 1.84. The van der Waals surface area contributed by atoms with Gasteiger partial charge in [0.2, 0.25) is 0 Å². The summed E-state index contributed by atoms with van der Waals surface area (Å²) in [5, 5.41) is 6.50. The molecule has 1 aromatic heterocycles. The highest BCUT2D eigenvalue weighted by atomic mass is 16.5. The number of nitrogens with one attached hydrogen (secondary N) is 1. The fourth-order valence-corrected chi connectivity index (χ4v) is 2.56. The number of benzene rings is 2. The summed E-state index contributed by atoms with van der Waals surface area (Å²) in [6, 6.07) is 15.3. The van der Waals surface area contributed by atoms with Crippen LogP contribution >= 0.6 is 0 Å². The van der Waals surface area contributed by atoms with Gasteiger partial charge in [0, 0.05) is 18.0 Å². The Bertz CT molecular complexity index is 921. The smallest absolute Gasteiger partial charge is 0.271 e. The average molecular weight is 333 g/mol. The molecule has 1 heterocycles. The first-order valence-electron chi connectivity index (χ1n) is 8.06. The van der Waals surface area contributed by atoms with Gasteiger partial charge in [0.1, 0.15) is 5.75 Å². The Kier molecular flexibility index (Phi) is 5.04. The first kappa shape index (κ1) is 16.6. The lowest BCUT2D eigenvalue weighted by Crippen LogP contribution is -2.20. The maximum atomic E-state index is 12.1. The van der Waals surface area contributed by atoms with Crippen molar-refractivity contribution in [2.24, 2.45) is 5.10 Å². The van der Waals surface area contributed by atoms with Crippen molar-refractivity contribution < 1.29 is 9.53 Å². The van der Waals surface area contributed by atoms with Crippen LogP contribution in [0.25, 0.3) is 10.8 Å². The van der Waals surface area contributed by atoms with Gasteiger partial charge in [-0.15, -0.1) is 0 Å². The minimum Gasteiger partial charge on any atom is -0.497 e. The van der Waals surface area contributed by atoms with E-state index in [1.165, 1.54) is 0 Å². The predicted molar refractivity (Wildman–Crippen MR) is 99.0 cm³/mol. The molecule has 5 heteroatoms. The number of aromatic nitrogens is 1. The second kappa shape index (κ2) is 7.57. The van der Waals surface area contributed by atoms with Crippen LogP contribution in [0.1, 0.15) is 29.3 Å². The van der Waals surface area contributed by atoms with Crippen LogP contribution in [0.2, 0.25) is 0 Å². The zero-order valence-corrected chi connectivity index (χ0v) is 14.2. The van der Waals surface area contributed by atoms with Gasteiger partial charge in [-0.3, -0.25) is 9.78 Å². The number of carbonyl (C=O) groups is 1. The van der Waals surface area contributed by atoms with Crippen LogP contribution < -0.4 is 10.2 Å². The molecule has 0 spiro atoms. The van der Waals surface area contributed by atoms with Crippen molar-refractivity contribution in [3.63, 3.8) is 0 Å². The van der Waals surface area contributed by atoms with Crippen molar-refractivity contribution in [1.29, 1.82) is 0 Å². The number of carbonyl (C=O) groups excluding carboxylic acids is 1. The summed E-state index contributed by atoms with van der Waals surface area (Å²) in [6.45, 7) is 2.01. The predicted octanol–water partition coefficient (Wildman–Crippen LogP) is 3.79. The number of hydrazone groups is 1. The summed E-state index contributed by atoms with van der Waals surface area (Å²) >= 11 is 0. The van der Waals surface area contributed by atoms with E-state index < -0.39 is 0 Å². The van der Waals surface area contributed by atoms with Crippen LogP contribution in [0.4, 0.5) is 0 Å². The summed E-state index contributed by atoms with van der Waals surface area (Å²) in [5.74, 6) is 0.577. The molecule has 1 amide bonds. The second-order valence-electron chi connectivity index (χ2n) is 5.52. The summed E-state index contributed by atoms with van der Waals surface area (Å²) in [6.07, 6.45) is 3.87. The molecule has 0 unspecified atom stereocenters. The van der Waals surface area contributed by atoms with Crippen LogP contribution in [-0.4, -0.2) is 23.7 Å². The number of fused-ring (bicyclic) bond motifs is 1. The fourth-order valence-electron chi connectivity index (χ4n) is 2.56. The number of nitrogens with zero attached hydrogens (tertiary/aromatic N) is 2. The molecule has 126 valence electrons. The Hall–Kier alpha value is -3.21. The lowest BCUT2D eigenvalue weighted by molar-refractivity contribution is 0.0954. The molecular formula is C20H19N3O2. The number of pyridine rings is 1. The molecule has 25 heavy (non-hydrogen) atoms. The van der Waals surface area contributed by atoms with Crippen LogP contribution in [-0.2, 0) is 0 Å². The van der Waals surface area contributed by atoms with Crippen LogP contribution in [0.5, 0.6) is 5.75 Å². The monoisotopic (exact) mass is 333 g/mol. The van der Waals surface area contributed by atoms with Gasteiger partial charge in [0.15, 0.2) is 0 Å². The Morgan fingerprint density at radius 1 is 1.04 bits per heavy atom. The summed E-state index contributed by atoms with van der Waals surface area (Å²) in [5.41, 5.74) is 4.94. The van der Waals surface area contributed by atoms with Gasteiger partial charge in [-0.2, -0.15) is 5.10 Å². The van der Waals surface area contributed by atoms with Crippen molar-refractivity contribution in [3.05, 3.63) is 72.1 Å². The molecule has 2 aromatic carbocycles. The van der Waals surface area contributed by atoms with Gasteiger partial charge in [-0.1, -0.05) is 25.1 Å². The molecule has 0 fully saturated rings. The van der Waals surface area contributed by atoms with E-state index in [9.17, 15) is 4.79 Å². The third-order valence-corrected chi connectivity index (χ3v) is 3.95. The van der Waals surface area contributed by atoms with Gasteiger partial charge >= 0.3 is 0 Å². The molecule has 0 aliphatic heterocycles. The molecule has 0 saturated carbocycles. The highest BCUT2D eigenvalue weighted by molar-refractivity contribution is 6.04. The van der Waals surface area contributed by atoms with Crippen molar-refractivity contribution in [2.75, 3.05) is 7.11 Å². The number of amides is 1. The maximum Gasteiger partial charge on any atom is 0.271 e. The Morgan fingerprint density at radius 2 is 1.76 bits per heavy atom. The van der Waals surface area contributed by atoms with Crippen LogP contribution in [0.15, 0.2) is 66.0 Å². The second-order valence-corrected chi connectivity index (χ2v) is 5.52. The van der Waals surface area contributed by atoms with Crippen LogP contribution in [0, 0.1) is 0 Å². The normalized spacial score (nSPS) is 11.4. The van der Waals surface area contributed by atoms with Crippen LogP contribution in [0.3, 0.4) is 0 Å². The number of rotatable bonds is 5. The minimum absolute atomic E-state index is 0.251. The first-order chi connectivity index (χ1) is 12.2. The molecule has 3 rings (SSSR count). The van der Waals surface area contributed by atoms with Gasteiger partial charge in [0.05, 0.1) is 12.8 Å². The molecule has 0 radical (unpaired) electrons. The number of hydrogen-bond donors (Lipinski definition) is 1. The lowest BCUT2D eigenvalue weighted by Gasteiger charge is -2.08. The largest absolute Gasteiger partial charge is 0.497 e. The lowest BCUT2D eigenvalue weighted by atomic mass is 10.0. The molecule has 0 bridgehead atoms. The third-order valence-electron chi connectivity index (χ3n) is 3.95. The van der Waals surface area contributed by atoms with Crippen molar-refractivity contribution in [3.8, 4) is 5.75 Å². The minimum atomic E-state index is -0.251. The number of ether oxygens (including phenoxy) is 1. The topological polar surface area (TPSA) is 63.6 Å². The number of hydrogen-bond acceptors (Lipinski definition) is 4. The van der Waals surface area contributed by atoms with E-state index in [2.05, 4.69) is 21.6 Å². The molecular weight excluding hydrogens is 314 g/mol. The summed E-state index contributed by atoms with van der Waals surface area (Å²) < 4.78 is 5.25. The highest BCUT2D eigenvalue weighted by Crippen LogP contribution is 2.22. The van der Waals surface area contributed by atoms with E-state index in [0.717, 1.165) is 27.8 Å². The van der Waals surface area contributed by atoms with Gasteiger partial charge < -0.3 is 4.74 Å². The van der Waals surface area contributed by atoms with E-state index in [1.54, 1.807) is 31.6 Å². The maximum absolute atomic E-state index is 12.1. The van der Waals surface area contributed by atoms with Gasteiger partial charge in [0.25, 0.3) is 5.91 Å². The van der Waals surface area contributed by atoms with Crippen molar-refractivity contribution >= 4 is 22.4 Å². The molecule has 1 N–H and O–H groups in total. The molecule has 0 atom stereocenters. The van der Waals surface area contributed by atoms with Crippen molar-refractivity contribution in [2.45, 2.75) is 13.3 Å².